The van der Waals surface area contributed by atoms with E-state index in [0.29, 0.717) is 18.1 Å². The molecule has 22 heavy (non-hydrogen) atoms. The van der Waals surface area contributed by atoms with Crippen LogP contribution in [0.1, 0.15) is 5.56 Å². The zero-order valence-corrected chi connectivity index (χ0v) is 14.3. The Morgan fingerprint density at radius 2 is 1.86 bits per heavy atom. The van der Waals surface area contributed by atoms with Crippen molar-refractivity contribution in [2.24, 2.45) is 0 Å². The van der Waals surface area contributed by atoms with Crippen molar-refractivity contribution in [2.75, 3.05) is 36.7 Å². The Balaban J connectivity index is 1.72. The van der Waals surface area contributed by atoms with Crippen LogP contribution in [0.2, 0.25) is 0 Å². The number of rotatable bonds is 5. The van der Waals surface area contributed by atoms with E-state index in [1.54, 1.807) is 30.6 Å². The highest BCUT2D eigenvalue weighted by Gasteiger charge is 2.29. The Bertz CT molecular complexity index is 474. The largest absolute Gasteiger partial charge is 0.497 e. The number of ether oxygens (including phenoxy) is 1. The van der Waals surface area contributed by atoms with Gasteiger partial charge < -0.3 is 20.5 Å². The van der Waals surface area contributed by atoms with Crippen molar-refractivity contribution in [1.29, 1.82) is 0 Å². The molecular weight excluding hydrogens is 320 g/mol. The molecule has 1 aromatic carbocycles. The van der Waals surface area contributed by atoms with Gasteiger partial charge in [0.25, 0.3) is 0 Å². The molecule has 5 nitrogen and oxygen atoms in total. The van der Waals surface area contributed by atoms with Crippen LogP contribution >= 0.6 is 23.5 Å². The molecule has 0 aromatic heterocycles. The molecule has 1 heterocycles. The predicted octanol–water partition coefficient (Wildman–Crippen LogP) is 1.71. The lowest BCUT2D eigenvalue weighted by atomic mass is 10.1. The molecule has 3 N–H and O–H groups in total. The minimum Gasteiger partial charge on any atom is -0.497 e. The van der Waals surface area contributed by atoms with E-state index in [9.17, 15) is 9.90 Å². The molecule has 0 aliphatic carbocycles. The van der Waals surface area contributed by atoms with Crippen molar-refractivity contribution in [3.05, 3.63) is 29.8 Å². The third-order valence-electron chi connectivity index (χ3n) is 3.30. The summed E-state index contributed by atoms with van der Waals surface area (Å²) in [6.45, 7) is 0.721. The number of hydrogen-bond donors (Lipinski definition) is 3. The van der Waals surface area contributed by atoms with E-state index in [0.717, 1.165) is 22.8 Å². The number of carbonyl (C=O) groups excluding carboxylic acids is 1. The van der Waals surface area contributed by atoms with Gasteiger partial charge in [0.1, 0.15) is 5.75 Å². The number of benzene rings is 1. The zero-order valence-electron chi connectivity index (χ0n) is 12.6. The first kappa shape index (κ1) is 17.3. The van der Waals surface area contributed by atoms with E-state index in [1.807, 2.05) is 24.3 Å². The van der Waals surface area contributed by atoms with Crippen molar-refractivity contribution < 1.29 is 14.6 Å². The first-order valence-electron chi connectivity index (χ1n) is 7.14. The van der Waals surface area contributed by atoms with Crippen LogP contribution in [0.5, 0.6) is 5.75 Å². The van der Waals surface area contributed by atoms with Crippen LogP contribution in [0, 0.1) is 0 Å². The van der Waals surface area contributed by atoms with Crippen LogP contribution < -0.4 is 15.4 Å². The monoisotopic (exact) mass is 342 g/mol. The maximum atomic E-state index is 11.8. The van der Waals surface area contributed by atoms with Crippen LogP contribution in [0.4, 0.5) is 4.79 Å². The summed E-state index contributed by atoms with van der Waals surface area (Å²) in [4.78, 5) is 11.8. The third kappa shape index (κ3) is 5.62. The molecule has 0 spiro atoms. The Hall–Kier alpha value is -1.05. The first-order valence-corrected chi connectivity index (χ1v) is 9.45. The molecule has 1 aromatic rings. The maximum absolute atomic E-state index is 11.8. The second kappa shape index (κ2) is 8.55. The highest BCUT2D eigenvalue weighted by Crippen LogP contribution is 2.24. The van der Waals surface area contributed by atoms with Gasteiger partial charge in [0.15, 0.2) is 0 Å². The van der Waals surface area contributed by atoms with E-state index in [-0.39, 0.29) is 12.6 Å². The Labute approximate surface area is 139 Å². The van der Waals surface area contributed by atoms with Gasteiger partial charge in [-0.3, -0.25) is 0 Å². The molecule has 1 aliphatic rings. The van der Waals surface area contributed by atoms with Crippen LogP contribution in [0.3, 0.4) is 0 Å². The fourth-order valence-electron chi connectivity index (χ4n) is 2.02. The Morgan fingerprint density at radius 3 is 2.45 bits per heavy atom. The van der Waals surface area contributed by atoms with E-state index >= 15 is 0 Å². The molecule has 1 saturated heterocycles. The summed E-state index contributed by atoms with van der Waals surface area (Å²) >= 11 is 3.47. The van der Waals surface area contributed by atoms with Gasteiger partial charge in [0.05, 0.1) is 12.7 Å². The number of aliphatic hydroxyl groups is 1. The normalized spacial score (nSPS) is 17.4. The molecule has 0 atom stereocenters. The van der Waals surface area contributed by atoms with Gasteiger partial charge in [-0.25, -0.2) is 4.79 Å². The highest BCUT2D eigenvalue weighted by molar-refractivity contribution is 8.03. The third-order valence-corrected chi connectivity index (χ3v) is 6.03. The zero-order chi connectivity index (χ0) is 15.8. The molecular formula is C15H22N2O3S2. The standard InChI is InChI=1S/C15H22N2O3S2/c1-20-13-4-2-12(3-5-13)8-16-14(18)17-9-15(19)10-21-6-7-22-11-15/h2-5,19H,6-11H2,1H3,(H2,16,17,18). The summed E-state index contributed by atoms with van der Waals surface area (Å²) in [6, 6.07) is 7.27. The van der Waals surface area contributed by atoms with Crippen LogP contribution in [0.25, 0.3) is 0 Å². The second-order valence-corrected chi connectivity index (χ2v) is 7.42. The van der Waals surface area contributed by atoms with E-state index in [4.69, 9.17) is 4.74 Å². The SMILES string of the molecule is COc1ccc(CNC(=O)NCC2(O)CSCCSC2)cc1. The molecule has 122 valence electrons. The molecule has 0 unspecified atom stereocenters. The summed E-state index contributed by atoms with van der Waals surface area (Å²) in [7, 11) is 1.62. The average molecular weight is 342 g/mol. The molecule has 0 bridgehead atoms. The lowest BCUT2D eigenvalue weighted by molar-refractivity contribution is 0.0921. The smallest absolute Gasteiger partial charge is 0.315 e. The van der Waals surface area contributed by atoms with Gasteiger partial charge in [0.2, 0.25) is 0 Å². The number of carbonyl (C=O) groups is 1. The van der Waals surface area contributed by atoms with Crippen LogP contribution in [0.15, 0.2) is 24.3 Å². The second-order valence-electron chi connectivity index (χ2n) is 5.21. The van der Waals surface area contributed by atoms with E-state index < -0.39 is 5.60 Å². The fraction of sp³-hybridized carbons (Fsp3) is 0.533. The lowest BCUT2D eigenvalue weighted by Crippen LogP contribution is -2.49. The summed E-state index contributed by atoms with van der Waals surface area (Å²) < 4.78 is 5.09. The van der Waals surface area contributed by atoms with Gasteiger partial charge >= 0.3 is 6.03 Å². The summed E-state index contributed by atoms with van der Waals surface area (Å²) in [6.07, 6.45) is 0. The minimum atomic E-state index is -0.816. The van der Waals surface area contributed by atoms with E-state index in [1.165, 1.54) is 0 Å². The van der Waals surface area contributed by atoms with Crippen molar-refractivity contribution >= 4 is 29.6 Å². The topological polar surface area (TPSA) is 70.6 Å². The number of nitrogens with one attached hydrogen (secondary N) is 2. The summed E-state index contributed by atoms with van der Waals surface area (Å²) in [5.41, 5.74) is 0.179. The summed E-state index contributed by atoms with van der Waals surface area (Å²) in [5, 5.41) is 16.0. The molecule has 2 rings (SSSR count). The van der Waals surface area contributed by atoms with Crippen molar-refractivity contribution in [3.63, 3.8) is 0 Å². The fourth-order valence-corrected chi connectivity index (χ4v) is 4.55. The Morgan fingerprint density at radius 1 is 1.23 bits per heavy atom. The predicted molar refractivity (Wildman–Crippen MR) is 92.8 cm³/mol. The number of amides is 2. The van der Waals surface area contributed by atoms with Gasteiger partial charge in [-0.2, -0.15) is 23.5 Å². The number of urea groups is 1. The van der Waals surface area contributed by atoms with Gasteiger partial charge in [-0.1, -0.05) is 12.1 Å². The van der Waals surface area contributed by atoms with Gasteiger partial charge in [-0.05, 0) is 17.7 Å². The van der Waals surface area contributed by atoms with E-state index in [2.05, 4.69) is 10.6 Å². The summed E-state index contributed by atoms with van der Waals surface area (Å²) in [5.74, 6) is 4.23. The van der Waals surface area contributed by atoms with Crippen molar-refractivity contribution in [1.82, 2.24) is 10.6 Å². The van der Waals surface area contributed by atoms with Crippen molar-refractivity contribution in [3.8, 4) is 5.75 Å². The maximum Gasteiger partial charge on any atom is 0.315 e. The molecule has 0 saturated carbocycles. The average Bonchev–Trinajstić information content (AvgIpc) is 2.76. The first-order chi connectivity index (χ1) is 10.6. The lowest BCUT2D eigenvalue weighted by Gasteiger charge is -2.25. The van der Waals surface area contributed by atoms with Gasteiger partial charge in [0, 0.05) is 36.1 Å². The molecule has 0 radical (unpaired) electrons. The molecule has 1 fully saturated rings. The van der Waals surface area contributed by atoms with Crippen LogP contribution in [-0.4, -0.2) is 53.4 Å². The quantitative estimate of drug-likeness (QED) is 0.760. The Kier molecular flexibility index (Phi) is 6.72. The van der Waals surface area contributed by atoms with Crippen molar-refractivity contribution in [2.45, 2.75) is 12.1 Å². The molecule has 1 aliphatic heterocycles. The molecule has 2 amide bonds. The number of thioether (sulfide) groups is 2. The molecule has 7 heteroatoms. The van der Waals surface area contributed by atoms with Gasteiger partial charge in [-0.15, -0.1) is 0 Å². The highest BCUT2D eigenvalue weighted by atomic mass is 32.2. The number of hydrogen-bond acceptors (Lipinski definition) is 5. The number of methoxy groups -OCH3 is 1. The van der Waals surface area contributed by atoms with Crippen LogP contribution in [-0.2, 0) is 6.54 Å². The minimum absolute atomic E-state index is 0.261.